The van der Waals surface area contributed by atoms with Crippen molar-refractivity contribution in [3.63, 3.8) is 0 Å². The van der Waals surface area contributed by atoms with Crippen LogP contribution < -0.4 is 0 Å². The van der Waals surface area contributed by atoms with Gasteiger partial charge in [0.25, 0.3) is 0 Å². The van der Waals surface area contributed by atoms with Gasteiger partial charge >= 0.3 is 0 Å². The Balaban J connectivity index is 2.17. The molecular formula is C8H14O3. The molecule has 0 amide bonds. The fourth-order valence-electron chi connectivity index (χ4n) is 0.826. The van der Waals surface area contributed by atoms with Crippen LogP contribution in [0, 0.1) is 0 Å². The van der Waals surface area contributed by atoms with Gasteiger partial charge in [0, 0.05) is 13.0 Å². The summed E-state index contributed by atoms with van der Waals surface area (Å²) < 4.78 is 15.6. The minimum atomic E-state index is -0.0922. The Kier molecular flexibility index (Phi) is 3.23. The third-order valence-corrected chi connectivity index (χ3v) is 1.42. The van der Waals surface area contributed by atoms with E-state index in [9.17, 15) is 0 Å². The van der Waals surface area contributed by atoms with Gasteiger partial charge < -0.3 is 14.2 Å². The lowest BCUT2D eigenvalue weighted by molar-refractivity contribution is -0.0418. The molecule has 0 radical (unpaired) electrons. The third-order valence-electron chi connectivity index (χ3n) is 1.42. The summed E-state index contributed by atoms with van der Waals surface area (Å²) in [4.78, 5) is 0. The smallest absolute Gasteiger partial charge is 0.239 e. The highest BCUT2D eigenvalue weighted by molar-refractivity contribution is 4.92. The van der Waals surface area contributed by atoms with Gasteiger partial charge in [-0.1, -0.05) is 6.92 Å². The van der Waals surface area contributed by atoms with Gasteiger partial charge in [0.2, 0.25) is 6.29 Å². The normalized spacial score (nSPS) is 22.4. The summed E-state index contributed by atoms with van der Waals surface area (Å²) in [5.74, 6) is 0.790. The fourth-order valence-corrected chi connectivity index (χ4v) is 0.826. The average Bonchev–Trinajstić information content (AvgIpc) is 2.48. The van der Waals surface area contributed by atoms with E-state index < -0.39 is 0 Å². The molecule has 0 aliphatic carbocycles. The van der Waals surface area contributed by atoms with E-state index in [0.717, 1.165) is 12.2 Å². The van der Waals surface area contributed by atoms with Crippen LogP contribution in [0.25, 0.3) is 0 Å². The topological polar surface area (TPSA) is 27.7 Å². The van der Waals surface area contributed by atoms with Crippen LogP contribution in [0.1, 0.15) is 20.3 Å². The lowest BCUT2D eigenvalue weighted by Crippen LogP contribution is -2.07. The Hall–Kier alpha value is -0.700. The molecule has 0 saturated heterocycles. The van der Waals surface area contributed by atoms with E-state index in [4.69, 9.17) is 14.2 Å². The molecule has 0 fully saturated rings. The molecule has 0 aromatic heterocycles. The molecule has 1 unspecified atom stereocenters. The van der Waals surface area contributed by atoms with Crippen LogP contribution in [0.4, 0.5) is 0 Å². The summed E-state index contributed by atoms with van der Waals surface area (Å²) in [7, 11) is 0. The molecule has 11 heavy (non-hydrogen) atoms. The van der Waals surface area contributed by atoms with E-state index >= 15 is 0 Å². The molecule has 0 aromatic rings. The predicted molar refractivity (Wildman–Crippen MR) is 40.8 cm³/mol. The standard InChI is InChI=1S/C8H14O3/c1-3-8-10-6-7(11-8)5-9-4-2/h6,8H,3-5H2,1-2H3. The summed E-state index contributed by atoms with van der Waals surface area (Å²) >= 11 is 0. The summed E-state index contributed by atoms with van der Waals surface area (Å²) in [6.45, 7) is 5.19. The third kappa shape index (κ3) is 2.42. The molecule has 0 N–H and O–H groups in total. The van der Waals surface area contributed by atoms with Gasteiger partial charge in [-0.2, -0.15) is 0 Å². The molecule has 0 saturated carbocycles. The second kappa shape index (κ2) is 4.23. The predicted octanol–water partition coefficient (Wildman–Crippen LogP) is 1.65. The zero-order chi connectivity index (χ0) is 8.10. The minimum absolute atomic E-state index is 0.0922. The highest BCUT2D eigenvalue weighted by atomic mass is 16.7. The van der Waals surface area contributed by atoms with Gasteiger partial charge in [0.1, 0.15) is 12.9 Å². The highest BCUT2D eigenvalue weighted by Gasteiger charge is 2.16. The molecule has 3 nitrogen and oxygen atoms in total. The molecule has 64 valence electrons. The van der Waals surface area contributed by atoms with Crippen molar-refractivity contribution < 1.29 is 14.2 Å². The van der Waals surface area contributed by atoms with Crippen LogP contribution in [0.15, 0.2) is 12.0 Å². The summed E-state index contributed by atoms with van der Waals surface area (Å²) in [6.07, 6.45) is 2.40. The molecule has 0 aromatic carbocycles. The van der Waals surface area contributed by atoms with Crippen LogP contribution in [0.2, 0.25) is 0 Å². The Morgan fingerprint density at radius 2 is 2.36 bits per heavy atom. The highest BCUT2D eigenvalue weighted by Crippen LogP contribution is 2.16. The van der Waals surface area contributed by atoms with Crippen molar-refractivity contribution in [3.05, 3.63) is 12.0 Å². The van der Waals surface area contributed by atoms with Crippen molar-refractivity contribution in [2.75, 3.05) is 13.2 Å². The Morgan fingerprint density at radius 1 is 1.55 bits per heavy atom. The van der Waals surface area contributed by atoms with Crippen molar-refractivity contribution in [3.8, 4) is 0 Å². The SMILES string of the molecule is CCOCC1=COC(CC)O1. The maximum atomic E-state index is 5.33. The zero-order valence-electron chi connectivity index (χ0n) is 7.00. The van der Waals surface area contributed by atoms with Gasteiger partial charge in [0.05, 0.1) is 0 Å². The number of hydrogen-bond donors (Lipinski definition) is 0. The Morgan fingerprint density at radius 3 is 2.91 bits per heavy atom. The largest absolute Gasteiger partial charge is 0.459 e. The minimum Gasteiger partial charge on any atom is -0.459 e. The quantitative estimate of drug-likeness (QED) is 0.622. The van der Waals surface area contributed by atoms with Gasteiger partial charge in [-0.25, -0.2) is 0 Å². The zero-order valence-corrected chi connectivity index (χ0v) is 7.00. The van der Waals surface area contributed by atoms with Crippen molar-refractivity contribution in [1.29, 1.82) is 0 Å². The lowest BCUT2D eigenvalue weighted by atomic mass is 10.5. The number of rotatable bonds is 4. The van der Waals surface area contributed by atoms with E-state index in [1.807, 2.05) is 13.8 Å². The van der Waals surface area contributed by atoms with E-state index in [1.54, 1.807) is 6.26 Å². The Labute approximate surface area is 66.9 Å². The van der Waals surface area contributed by atoms with Gasteiger partial charge in [-0.3, -0.25) is 0 Å². The molecule has 0 bridgehead atoms. The van der Waals surface area contributed by atoms with Crippen molar-refractivity contribution in [1.82, 2.24) is 0 Å². The summed E-state index contributed by atoms with van der Waals surface area (Å²) in [6, 6.07) is 0. The first-order valence-corrected chi connectivity index (χ1v) is 3.95. The maximum absolute atomic E-state index is 5.33. The number of hydrogen-bond acceptors (Lipinski definition) is 3. The first-order chi connectivity index (χ1) is 5.36. The second-order valence-corrected chi connectivity index (χ2v) is 2.31. The molecule has 1 atom stereocenters. The van der Waals surface area contributed by atoms with Crippen molar-refractivity contribution in [2.45, 2.75) is 26.6 Å². The fraction of sp³-hybridized carbons (Fsp3) is 0.750. The number of ether oxygens (including phenoxy) is 3. The van der Waals surface area contributed by atoms with E-state index in [0.29, 0.717) is 13.2 Å². The molecule has 1 aliphatic heterocycles. The van der Waals surface area contributed by atoms with Crippen LogP contribution in [-0.2, 0) is 14.2 Å². The first-order valence-electron chi connectivity index (χ1n) is 3.95. The maximum Gasteiger partial charge on any atom is 0.239 e. The lowest BCUT2D eigenvalue weighted by Gasteiger charge is -2.08. The van der Waals surface area contributed by atoms with Gasteiger partial charge in [0.15, 0.2) is 5.76 Å². The monoisotopic (exact) mass is 158 g/mol. The Bertz CT molecular complexity index is 142. The molecule has 1 rings (SSSR count). The van der Waals surface area contributed by atoms with Crippen LogP contribution in [-0.4, -0.2) is 19.5 Å². The van der Waals surface area contributed by atoms with Gasteiger partial charge in [-0.05, 0) is 6.92 Å². The van der Waals surface area contributed by atoms with E-state index in [1.165, 1.54) is 0 Å². The van der Waals surface area contributed by atoms with Crippen LogP contribution in [0.3, 0.4) is 0 Å². The molecular weight excluding hydrogens is 144 g/mol. The summed E-state index contributed by atoms with van der Waals surface area (Å²) in [5.41, 5.74) is 0. The van der Waals surface area contributed by atoms with E-state index in [-0.39, 0.29) is 6.29 Å². The molecule has 1 aliphatic rings. The van der Waals surface area contributed by atoms with Crippen molar-refractivity contribution >= 4 is 0 Å². The molecule has 1 heterocycles. The molecule has 3 heteroatoms. The second-order valence-electron chi connectivity index (χ2n) is 2.31. The first kappa shape index (κ1) is 8.40. The van der Waals surface area contributed by atoms with Crippen molar-refractivity contribution in [2.24, 2.45) is 0 Å². The van der Waals surface area contributed by atoms with Crippen LogP contribution >= 0.6 is 0 Å². The molecule has 0 spiro atoms. The summed E-state index contributed by atoms with van der Waals surface area (Å²) in [5, 5.41) is 0. The van der Waals surface area contributed by atoms with Gasteiger partial charge in [-0.15, -0.1) is 0 Å². The van der Waals surface area contributed by atoms with E-state index in [2.05, 4.69) is 0 Å². The van der Waals surface area contributed by atoms with Crippen LogP contribution in [0.5, 0.6) is 0 Å². The average molecular weight is 158 g/mol.